The van der Waals surface area contributed by atoms with Crippen molar-refractivity contribution >= 4 is 5.91 Å². The number of hydrogen-bond donors (Lipinski definition) is 0. The molecule has 37 heavy (non-hydrogen) atoms. The number of halogens is 3. The van der Waals surface area contributed by atoms with Crippen molar-refractivity contribution in [2.24, 2.45) is 0 Å². The third kappa shape index (κ3) is 6.10. The molecule has 1 amide bonds. The summed E-state index contributed by atoms with van der Waals surface area (Å²) in [6.07, 6.45) is 0.934. The van der Waals surface area contributed by atoms with Gasteiger partial charge in [0.05, 0.1) is 18.2 Å². The minimum atomic E-state index is -4.41. The van der Waals surface area contributed by atoms with Gasteiger partial charge in [-0.25, -0.2) is 0 Å². The topological polar surface area (TPSA) is 56.6 Å². The third-order valence-corrected chi connectivity index (χ3v) is 7.77. The molecule has 0 aromatic heterocycles. The number of carbonyl (C=O) groups excluding carboxylic acids is 1. The van der Waals surface area contributed by atoms with E-state index in [2.05, 4.69) is 36.9 Å². The largest absolute Gasteiger partial charge is 0.493 e. The monoisotopic (exact) mass is 513 g/mol. The SMILES string of the molecule is Cc1c(OCCCCC#N)ccc([C@H]2CCC[C@H]3CN(C(=O)c4ccc(C(F)(F)F)cc4)CCN32)c1C. The van der Waals surface area contributed by atoms with Crippen LogP contribution in [0.25, 0.3) is 0 Å². The highest BCUT2D eigenvalue weighted by Crippen LogP contribution is 2.40. The fourth-order valence-corrected chi connectivity index (χ4v) is 5.57. The first-order chi connectivity index (χ1) is 17.7. The van der Waals surface area contributed by atoms with E-state index in [1.807, 2.05) is 0 Å². The zero-order valence-electron chi connectivity index (χ0n) is 21.5. The minimum Gasteiger partial charge on any atom is -0.493 e. The van der Waals surface area contributed by atoms with E-state index in [1.54, 1.807) is 4.90 Å². The molecule has 2 fully saturated rings. The van der Waals surface area contributed by atoms with Gasteiger partial charge in [-0.2, -0.15) is 18.4 Å². The molecule has 2 aromatic rings. The summed E-state index contributed by atoms with van der Waals surface area (Å²) in [7, 11) is 0. The summed E-state index contributed by atoms with van der Waals surface area (Å²) >= 11 is 0. The van der Waals surface area contributed by atoms with Gasteiger partial charge in [-0.1, -0.05) is 6.07 Å². The number of alkyl halides is 3. The highest BCUT2D eigenvalue weighted by atomic mass is 19.4. The molecule has 5 nitrogen and oxygen atoms in total. The van der Waals surface area contributed by atoms with E-state index in [1.165, 1.54) is 23.3 Å². The van der Waals surface area contributed by atoms with Crippen molar-refractivity contribution in [1.29, 1.82) is 5.26 Å². The zero-order valence-corrected chi connectivity index (χ0v) is 21.5. The number of benzene rings is 2. The van der Waals surface area contributed by atoms with Crippen LogP contribution in [0.5, 0.6) is 5.75 Å². The van der Waals surface area contributed by atoms with Crippen LogP contribution >= 0.6 is 0 Å². The molecule has 0 spiro atoms. The zero-order chi connectivity index (χ0) is 26.6. The van der Waals surface area contributed by atoms with Gasteiger partial charge in [-0.05, 0) is 93.0 Å². The molecule has 198 valence electrons. The van der Waals surface area contributed by atoms with Crippen molar-refractivity contribution in [1.82, 2.24) is 9.80 Å². The average molecular weight is 514 g/mol. The first-order valence-corrected chi connectivity index (χ1v) is 13.0. The van der Waals surface area contributed by atoms with Gasteiger partial charge in [0.1, 0.15) is 5.75 Å². The second-order valence-electron chi connectivity index (χ2n) is 10.0. The van der Waals surface area contributed by atoms with E-state index < -0.39 is 11.7 Å². The molecule has 8 heteroatoms. The number of piperazine rings is 1. The van der Waals surface area contributed by atoms with Crippen LogP contribution in [0.3, 0.4) is 0 Å². The second kappa shape index (κ2) is 11.6. The summed E-state index contributed by atoms with van der Waals surface area (Å²) in [6, 6.07) is 11.4. The lowest BCUT2D eigenvalue weighted by atomic mass is 9.86. The van der Waals surface area contributed by atoms with Gasteiger partial charge < -0.3 is 9.64 Å². The Kier molecular flexibility index (Phi) is 8.43. The van der Waals surface area contributed by atoms with Crippen molar-refractivity contribution in [3.8, 4) is 11.8 Å². The van der Waals surface area contributed by atoms with Crippen LogP contribution in [0.15, 0.2) is 36.4 Å². The van der Waals surface area contributed by atoms with Crippen molar-refractivity contribution in [3.63, 3.8) is 0 Å². The molecule has 2 aromatic carbocycles. The smallest absolute Gasteiger partial charge is 0.416 e. The summed E-state index contributed by atoms with van der Waals surface area (Å²) in [5.74, 6) is 0.677. The average Bonchev–Trinajstić information content (AvgIpc) is 2.89. The lowest BCUT2D eigenvalue weighted by molar-refractivity contribution is -0.137. The Morgan fingerprint density at radius 1 is 1.05 bits per heavy atom. The summed E-state index contributed by atoms with van der Waals surface area (Å²) in [4.78, 5) is 17.4. The molecule has 0 saturated carbocycles. The number of hydrogen-bond acceptors (Lipinski definition) is 4. The number of fused-ring (bicyclic) bond motifs is 1. The summed E-state index contributed by atoms with van der Waals surface area (Å²) < 4.78 is 44.7. The number of amides is 1. The Hall–Kier alpha value is -3.05. The van der Waals surface area contributed by atoms with Crippen LogP contribution in [-0.2, 0) is 6.18 Å². The van der Waals surface area contributed by atoms with E-state index in [-0.39, 0.29) is 18.0 Å². The summed E-state index contributed by atoms with van der Waals surface area (Å²) in [5.41, 5.74) is 3.20. The fourth-order valence-electron chi connectivity index (χ4n) is 5.57. The van der Waals surface area contributed by atoms with E-state index >= 15 is 0 Å². The van der Waals surface area contributed by atoms with Gasteiger partial charge in [0.2, 0.25) is 0 Å². The molecular formula is C29H34F3N3O2. The Balaban J connectivity index is 1.42. The highest BCUT2D eigenvalue weighted by Gasteiger charge is 2.38. The molecule has 4 rings (SSSR count). The number of unbranched alkanes of at least 4 members (excludes halogenated alkanes) is 2. The minimum absolute atomic E-state index is 0.209. The summed E-state index contributed by atoms with van der Waals surface area (Å²) in [6.45, 7) is 6.69. The van der Waals surface area contributed by atoms with E-state index in [0.29, 0.717) is 31.7 Å². The number of carbonyl (C=O) groups is 1. The summed E-state index contributed by atoms with van der Waals surface area (Å²) in [5, 5.41) is 8.68. The molecule has 0 unspecified atom stereocenters. The number of rotatable bonds is 7. The maximum Gasteiger partial charge on any atom is 0.416 e. The first-order valence-electron chi connectivity index (χ1n) is 13.0. The van der Waals surface area contributed by atoms with Gasteiger partial charge in [-0.15, -0.1) is 0 Å². The van der Waals surface area contributed by atoms with Crippen LogP contribution < -0.4 is 4.74 Å². The Morgan fingerprint density at radius 3 is 2.51 bits per heavy atom. The number of ether oxygens (including phenoxy) is 1. The Bertz CT molecular complexity index is 1140. The molecular weight excluding hydrogens is 479 g/mol. The van der Waals surface area contributed by atoms with Crippen molar-refractivity contribution in [3.05, 3.63) is 64.2 Å². The Morgan fingerprint density at radius 2 is 1.81 bits per heavy atom. The molecule has 0 bridgehead atoms. The number of nitrogens with zero attached hydrogens (tertiary/aromatic N) is 3. The van der Waals surface area contributed by atoms with Crippen LogP contribution in [0, 0.1) is 25.2 Å². The normalized spacial score (nSPS) is 20.3. The van der Waals surface area contributed by atoms with Gasteiger partial charge in [0, 0.05) is 43.7 Å². The molecule has 2 saturated heterocycles. The number of piperidine rings is 1. The fraction of sp³-hybridized carbons (Fsp3) is 0.517. The van der Waals surface area contributed by atoms with Gasteiger partial charge in [0.15, 0.2) is 0 Å². The van der Waals surface area contributed by atoms with Crippen LogP contribution in [-0.4, -0.2) is 48.0 Å². The number of nitriles is 1. The molecule has 2 atom stereocenters. The standard InChI is InChI=1S/C29H34F3N3O2/c1-20-21(2)27(37-18-5-3-4-15-33)14-13-25(20)26-8-6-7-24-19-34(16-17-35(24)26)28(36)22-9-11-23(12-10-22)29(30,31)32/h9-14,24,26H,3-8,16-19H2,1-2H3/t24-,26+/m0/s1. The lowest BCUT2D eigenvalue weighted by Gasteiger charge is -2.49. The lowest BCUT2D eigenvalue weighted by Crippen LogP contribution is -2.57. The van der Waals surface area contributed by atoms with Crippen LogP contribution in [0.2, 0.25) is 0 Å². The van der Waals surface area contributed by atoms with Crippen LogP contribution in [0.1, 0.15) is 77.2 Å². The third-order valence-electron chi connectivity index (χ3n) is 7.77. The molecule has 0 N–H and O–H groups in total. The molecule has 0 aliphatic carbocycles. The second-order valence-corrected chi connectivity index (χ2v) is 10.0. The molecule has 2 heterocycles. The molecule has 2 aliphatic heterocycles. The maximum atomic E-state index is 13.1. The first kappa shape index (κ1) is 27.0. The van der Waals surface area contributed by atoms with Gasteiger partial charge in [0.25, 0.3) is 5.91 Å². The van der Waals surface area contributed by atoms with E-state index in [9.17, 15) is 18.0 Å². The van der Waals surface area contributed by atoms with Crippen molar-refractivity contribution < 1.29 is 22.7 Å². The predicted molar refractivity (Wildman–Crippen MR) is 135 cm³/mol. The van der Waals surface area contributed by atoms with Crippen molar-refractivity contribution in [2.75, 3.05) is 26.2 Å². The van der Waals surface area contributed by atoms with Crippen molar-refractivity contribution in [2.45, 2.75) is 70.6 Å². The predicted octanol–water partition coefficient (Wildman–Crippen LogP) is 6.45. The van der Waals surface area contributed by atoms with Crippen LogP contribution in [0.4, 0.5) is 13.2 Å². The molecule has 2 aliphatic rings. The van der Waals surface area contributed by atoms with Gasteiger partial charge >= 0.3 is 6.18 Å². The van der Waals surface area contributed by atoms with Gasteiger partial charge in [-0.3, -0.25) is 9.69 Å². The molecule has 0 radical (unpaired) electrons. The van der Waals surface area contributed by atoms with E-state index in [0.717, 1.165) is 62.1 Å². The maximum absolute atomic E-state index is 13.1. The van der Waals surface area contributed by atoms with E-state index in [4.69, 9.17) is 10.00 Å². The quantitative estimate of drug-likeness (QED) is 0.400. The Labute approximate surface area is 216 Å². The highest BCUT2D eigenvalue weighted by molar-refractivity contribution is 5.94.